The molecule has 2 heterocycles. The molecule has 1 aliphatic rings. The first-order valence-corrected chi connectivity index (χ1v) is 8.69. The van der Waals surface area contributed by atoms with Crippen LogP contribution in [-0.2, 0) is 0 Å². The van der Waals surface area contributed by atoms with Crippen LogP contribution >= 0.6 is 23.8 Å². The molecule has 1 fully saturated rings. The molecule has 2 aromatic rings. The lowest BCUT2D eigenvalue weighted by molar-refractivity contribution is 0.216. The van der Waals surface area contributed by atoms with Gasteiger partial charge in [0, 0.05) is 12.2 Å². The summed E-state index contributed by atoms with van der Waals surface area (Å²) in [6, 6.07) is 8.44. The maximum Gasteiger partial charge on any atom is 0.170 e. The molecule has 1 aliphatic heterocycles. The molecule has 1 atom stereocenters. The molecule has 0 spiro atoms. The second kappa shape index (κ2) is 7.96. The van der Waals surface area contributed by atoms with Gasteiger partial charge in [0.05, 0.1) is 17.3 Å². The van der Waals surface area contributed by atoms with Gasteiger partial charge in [-0.3, -0.25) is 4.90 Å². The van der Waals surface area contributed by atoms with Crippen LogP contribution in [0.4, 0.5) is 10.1 Å². The van der Waals surface area contributed by atoms with Crippen LogP contribution in [0.5, 0.6) is 0 Å². The standard InChI is InChI=1S/C17H19ClFN3OS/c18-13-10-12(5-6-14(13)19)21-17(24)20-11-15(16-4-3-9-23-16)22-7-1-2-8-22/h3-6,9-10,15H,1-2,7-8,11H2,(H2,20,21,24). The number of likely N-dealkylation sites (tertiary alicyclic amines) is 1. The van der Waals surface area contributed by atoms with Crippen molar-refractivity contribution >= 4 is 34.6 Å². The third kappa shape index (κ3) is 4.26. The Labute approximate surface area is 151 Å². The van der Waals surface area contributed by atoms with Gasteiger partial charge in [0.2, 0.25) is 0 Å². The first kappa shape index (κ1) is 17.2. The van der Waals surface area contributed by atoms with Crippen LogP contribution in [0.15, 0.2) is 41.0 Å². The monoisotopic (exact) mass is 367 g/mol. The summed E-state index contributed by atoms with van der Waals surface area (Å²) in [5.41, 5.74) is 0.648. The Morgan fingerprint density at radius 2 is 2.12 bits per heavy atom. The Morgan fingerprint density at radius 3 is 2.79 bits per heavy atom. The molecular weight excluding hydrogens is 349 g/mol. The van der Waals surface area contributed by atoms with E-state index < -0.39 is 5.82 Å². The quantitative estimate of drug-likeness (QED) is 0.775. The summed E-state index contributed by atoms with van der Waals surface area (Å²) in [5.74, 6) is 0.477. The fourth-order valence-corrected chi connectivity index (χ4v) is 3.26. The Kier molecular flexibility index (Phi) is 5.71. The number of nitrogens with zero attached hydrogens (tertiary/aromatic N) is 1. The largest absolute Gasteiger partial charge is 0.468 e. The van der Waals surface area contributed by atoms with E-state index in [0.717, 1.165) is 18.8 Å². The summed E-state index contributed by atoms with van der Waals surface area (Å²) in [6.07, 6.45) is 4.09. The number of rotatable bonds is 5. The highest BCUT2D eigenvalue weighted by atomic mass is 35.5. The second-order valence-electron chi connectivity index (χ2n) is 5.74. The molecule has 0 amide bonds. The molecule has 1 unspecified atom stereocenters. The Hall–Kier alpha value is -1.63. The summed E-state index contributed by atoms with van der Waals surface area (Å²) < 4.78 is 18.8. The minimum absolute atomic E-state index is 0.0633. The zero-order chi connectivity index (χ0) is 16.9. The zero-order valence-corrected chi connectivity index (χ0v) is 14.7. The normalized spacial score (nSPS) is 16.1. The second-order valence-corrected chi connectivity index (χ2v) is 6.55. The molecule has 24 heavy (non-hydrogen) atoms. The van der Waals surface area contributed by atoms with Crippen molar-refractivity contribution in [2.75, 3.05) is 25.0 Å². The number of nitrogens with one attached hydrogen (secondary N) is 2. The van der Waals surface area contributed by atoms with Crippen LogP contribution in [0.2, 0.25) is 5.02 Å². The van der Waals surface area contributed by atoms with Crippen molar-refractivity contribution in [3.05, 3.63) is 53.2 Å². The van der Waals surface area contributed by atoms with Crippen molar-refractivity contribution in [1.82, 2.24) is 10.2 Å². The maximum absolute atomic E-state index is 13.2. The van der Waals surface area contributed by atoms with Gasteiger partial charge >= 0.3 is 0 Å². The van der Waals surface area contributed by atoms with E-state index in [9.17, 15) is 4.39 Å². The van der Waals surface area contributed by atoms with Crippen molar-refractivity contribution in [3.8, 4) is 0 Å². The van der Waals surface area contributed by atoms with E-state index in [1.165, 1.54) is 25.0 Å². The van der Waals surface area contributed by atoms with Gasteiger partial charge in [-0.1, -0.05) is 11.6 Å². The number of thiocarbonyl (C=S) groups is 1. The zero-order valence-electron chi connectivity index (χ0n) is 13.1. The maximum atomic E-state index is 13.2. The van der Waals surface area contributed by atoms with Crippen molar-refractivity contribution in [2.24, 2.45) is 0 Å². The van der Waals surface area contributed by atoms with Crippen LogP contribution in [0, 0.1) is 5.82 Å². The Bertz CT molecular complexity index is 689. The number of furan rings is 1. The third-order valence-corrected chi connectivity index (χ3v) is 4.62. The first-order chi connectivity index (χ1) is 11.6. The summed E-state index contributed by atoms with van der Waals surface area (Å²) in [4.78, 5) is 2.39. The lowest BCUT2D eigenvalue weighted by Gasteiger charge is -2.26. The molecule has 1 aromatic carbocycles. The minimum Gasteiger partial charge on any atom is -0.468 e. The van der Waals surface area contributed by atoms with Crippen molar-refractivity contribution in [3.63, 3.8) is 0 Å². The summed E-state index contributed by atoms with van der Waals surface area (Å²) >= 11 is 11.1. The molecule has 3 rings (SSSR count). The van der Waals surface area contributed by atoms with Crippen molar-refractivity contribution in [1.29, 1.82) is 0 Å². The van der Waals surface area contributed by atoms with Crippen LogP contribution in [0.1, 0.15) is 24.6 Å². The number of halogens is 2. The van der Waals surface area contributed by atoms with E-state index in [2.05, 4.69) is 15.5 Å². The van der Waals surface area contributed by atoms with E-state index in [4.69, 9.17) is 28.2 Å². The van der Waals surface area contributed by atoms with Gasteiger partial charge in [0.1, 0.15) is 11.6 Å². The Morgan fingerprint density at radius 1 is 1.33 bits per heavy atom. The summed E-state index contributed by atoms with van der Waals surface area (Å²) in [7, 11) is 0. The number of hydrogen-bond donors (Lipinski definition) is 2. The van der Waals surface area contributed by atoms with Gasteiger partial charge in [-0.2, -0.15) is 0 Å². The topological polar surface area (TPSA) is 40.4 Å². The molecule has 1 aromatic heterocycles. The van der Waals surface area contributed by atoms with Crippen LogP contribution in [-0.4, -0.2) is 29.6 Å². The lowest BCUT2D eigenvalue weighted by Crippen LogP contribution is -2.38. The van der Waals surface area contributed by atoms with E-state index in [1.807, 2.05) is 12.1 Å². The molecule has 0 aliphatic carbocycles. The van der Waals surface area contributed by atoms with E-state index in [0.29, 0.717) is 17.3 Å². The van der Waals surface area contributed by atoms with Crippen LogP contribution in [0.3, 0.4) is 0 Å². The van der Waals surface area contributed by atoms with Crippen molar-refractivity contribution < 1.29 is 8.81 Å². The molecular formula is C17H19ClFN3OS. The third-order valence-electron chi connectivity index (χ3n) is 4.09. The molecule has 0 bridgehead atoms. The number of anilines is 1. The van der Waals surface area contributed by atoms with E-state index in [1.54, 1.807) is 12.3 Å². The number of benzene rings is 1. The van der Waals surface area contributed by atoms with E-state index >= 15 is 0 Å². The lowest BCUT2D eigenvalue weighted by atomic mass is 10.2. The highest BCUT2D eigenvalue weighted by Gasteiger charge is 2.25. The predicted molar refractivity (Wildman–Crippen MR) is 97.9 cm³/mol. The minimum atomic E-state index is -0.451. The van der Waals surface area contributed by atoms with Crippen LogP contribution < -0.4 is 10.6 Å². The molecule has 128 valence electrons. The van der Waals surface area contributed by atoms with Gasteiger partial charge < -0.3 is 15.1 Å². The molecule has 4 nitrogen and oxygen atoms in total. The van der Waals surface area contributed by atoms with Gasteiger partial charge in [-0.15, -0.1) is 0 Å². The molecule has 0 radical (unpaired) electrons. The summed E-state index contributed by atoms with van der Waals surface area (Å²) in [6.45, 7) is 2.75. The van der Waals surface area contributed by atoms with Gasteiger partial charge in [-0.05, 0) is 68.5 Å². The van der Waals surface area contributed by atoms with E-state index in [-0.39, 0.29) is 11.1 Å². The molecule has 0 saturated carbocycles. The highest BCUT2D eigenvalue weighted by molar-refractivity contribution is 7.80. The highest BCUT2D eigenvalue weighted by Crippen LogP contribution is 2.25. The SMILES string of the molecule is Fc1ccc(NC(=S)NCC(c2ccco2)N2CCCC2)cc1Cl. The molecule has 1 saturated heterocycles. The summed E-state index contributed by atoms with van der Waals surface area (Å²) in [5, 5.41) is 6.76. The average molecular weight is 368 g/mol. The van der Waals surface area contributed by atoms with Gasteiger partial charge in [-0.25, -0.2) is 4.39 Å². The fraction of sp³-hybridized carbons (Fsp3) is 0.353. The Balaban J connectivity index is 1.59. The van der Waals surface area contributed by atoms with Crippen molar-refractivity contribution in [2.45, 2.75) is 18.9 Å². The van der Waals surface area contributed by atoms with Gasteiger partial charge in [0.25, 0.3) is 0 Å². The average Bonchev–Trinajstić information content (AvgIpc) is 3.25. The van der Waals surface area contributed by atoms with Gasteiger partial charge in [0.15, 0.2) is 5.11 Å². The smallest absolute Gasteiger partial charge is 0.170 e. The number of hydrogen-bond acceptors (Lipinski definition) is 3. The molecule has 2 N–H and O–H groups in total. The predicted octanol–water partition coefficient (Wildman–Crippen LogP) is 4.20. The fourth-order valence-electron chi connectivity index (χ4n) is 2.88. The van der Waals surface area contributed by atoms with Crippen LogP contribution in [0.25, 0.3) is 0 Å². The first-order valence-electron chi connectivity index (χ1n) is 7.91. The molecule has 7 heteroatoms.